The third-order valence-corrected chi connectivity index (χ3v) is 3.52. The molecule has 0 radical (unpaired) electrons. The Balaban J connectivity index is 1.81. The van der Waals surface area contributed by atoms with Crippen LogP contribution in [0.15, 0.2) is 91.0 Å². The van der Waals surface area contributed by atoms with Crippen LogP contribution in [0.5, 0.6) is 0 Å². The molecular formula is C21H16O4. The van der Waals surface area contributed by atoms with Crippen molar-refractivity contribution in [1.82, 2.24) is 0 Å². The highest BCUT2D eigenvalue weighted by Crippen LogP contribution is 2.22. The topological polar surface area (TPSA) is 52.6 Å². The van der Waals surface area contributed by atoms with Crippen LogP contribution in [0, 0.1) is 0 Å². The van der Waals surface area contributed by atoms with Gasteiger partial charge in [-0.3, -0.25) is 0 Å². The fourth-order valence-electron chi connectivity index (χ4n) is 2.25. The van der Waals surface area contributed by atoms with Crippen molar-refractivity contribution >= 4 is 11.9 Å². The Morgan fingerprint density at radius 2 is 0.920 bits per heavy atom. The van der Waals surface area contributed by atoms with E-state index in [2.05, 4.69) is 0 Å². The SMILES string of the molecule is O=C(OC(OC(=O)c1ccccc1)c1ccccc1)c1ccccc1. The highest BCUT2D eigenvalue weighted by atomic mass is 16.7. The first-order valence-electron chi connectivity index (χ1n) is 7.81. The number of hydrogen-bond donors (Lipinski definition) is 0. The Kier molecular flexibility index (Phi) is 5.22. The van der Waals surface area contributed by atoms with Crippen LogP contribution >= 0.6 is 0 Å². The highest BCUT2D eigenvalue weighted by Gasteiger charge is 2.22. The van der Waals surface area contributed by atoms with Gasteiger partial charge in [0.25, 0.3) is 6.29 Å². The molecule has 25 heavy (non-hydrogen) atoms. The van der Waals surface area contributed by atoms with E-state index in [9.17, 15) is 9.59 Å². The van der Waals surface area contributed by atoms with Crippen LogP contribution < -0.4 is 0 Å². The Hall–Kier alpha value is -3.40. The van der Waals surface area contributed by atoms with Crippen molar-refractivity contribution in [1.29, 1.82) is 0 Å². The lowest BCUT2D eigenvalue weighted by atomic mass is 10.2. The van der Waals surface area contributed by atoms with Crippen LogP contribution in [0.3, 0.4) is 0 Å². The van der Waals surface area contributed by atoms with Gasteiger partial charge in [0.15, 0.2) is 0 Å². The smallest absolute Gasteiger partial charge is 0.341 e. The minimum absolute atomic E-state index is 0.388. The molecule has 0 spiro atoms. The first-order chi connectivity index (χ1) is 12.2. The second-order valence-corrected chi connectivity index (χ2v) is 5.29. The molecule has 0 saturated heterocycles. The van der Waals surface area contributed by atoms with Crippen LogP contribution in [0.2, 0.25) is 0 Å². The molecule has 3 rings (SSSR count). The Morgan fingerprint density at radius 3 is 1.32 bits per heavy atom. The Labute approximate surface area is 145 Å². The third kappa shape index (κ3) is 4.32. The van der Waals surface area contributed by atoms with Gasteiger partial charge < -0.3 is 9.47 Å². The van der Waals surface area contributed by atoms with E-state index in [1.165, 1.54) is 0 Å². The zero-order valence-corrected chi connectivity index (χ0v) is 13.4. The number of benzene rings is 3. The van der Waals surface area contributed by atoms with Gasteiger partial charge in [-0.05, 0) is 24.3 Å². The number of ether oxygens (including phenoxy) is 2. The zero-order valence-electron chi connectivity index (χ0n) is 13.4. The fourth-order valence-corrected chi connectivity index (χ4v) is 2.25. The number of hydrogen-bond acceptors (Lipinski definition) is 4. The Bertz CT molecular complexity index is 776. The van der Waals surface area contributed by atoms with Gasteiger partial charge >= 0.3 is 11.9 Å². The predicted octanol–water partition coefficient (Wildman–Crippen LogP) is 4.40. The van der Waals surface area contributed by atoms with Crippen molar-refractivity contribution in [3.05, 3.63) is 108 Å². The first-order valence-corrected chi connectivity index (χ1v) is 7.81. The minimum Gasteiger partial charge on any atom is -0.417 e. The van der Waals surface area contributed by atoms with E-state index in [-0.39, 0.29) is 0 Å². The molecule has 0 aliphatic heterocycles. The molecule has 0 unspecified atom stereocenters. The summed E-state index contributed by atoms with van der Waals surface area (Å²) in [4.78, 5) is 24.7. The molecule has 0 saturated carbocycles. The largest absolute Gasteiger partial charge is 0.417 e. The molecule has 0 bridgehead atoms. The van der Waals surface area contributed by atoms with Crippen molar-refractivity contribution in [2.24, 2.45) is 0 Å². The van der Waals surface area contributed by atoms with E-state index in [0.29, 0.717) is 16.7 Å². The van der Waals surface area contributed by atoms with E-state index in [0.717, 1.165) is 0 Å². The maximum atomic E-state index is 12.3. The summed E-state index contributed by atoms with van der Waals surface area (Å²) >= 11 is 0. The maximum Gasteiger partial charge on any atom is 0.341 e. The van der Waals surface area contributed by atoms with E-state index in [1.807, 2.05) is 6.07 Å². The minimum atomic E-state index is -1.12. The average molecular weight is 332 g/mol. The summed E-state index contributed by atoms with van der Waals surface area (Å²) in [5.74, 6) is -1.12. The molecule has 4 heteroatoms. The predicted molar refractivity (Wildman–Crippen MR) is 92.9 cm³/mol. The first kappa shape index (κ1) is 16.5. The number of carbonyl (C=O) groups is 2. The van der Waals surface area contributed by atoms with E-state index in [1.54, 1.807) is 84.9 Å². The van der Waals surface area contributed by atoms with Crippen LogP contribution in [-0.4, -0.2) is 11.9 Å². The van der Waals surface area contributed by atoms with E-state index < -0.39 is 18.2 Å². The van der Waals surface area contributed by atoms with Gasteiger partial charge in [-0.2, -0.15) is 0 Å². The average Bonchev–Trinajstić information content (AvgIpc) is 2.69. The normalized spacial score (nSPS) is 10.3. The van der Waals surface area contributed by atoms with Crippen LogP contribution in [0.4, 0.5) is 0 Å². The lowest BCUT2D eigenvalue weighted by molar-refractivity contribution is -0.0823. The van der Waals surface area contributed by atoms with Gasteiger partial charge in [0.05, 0.1) is 11.1 Å². The summed E-state index contributed by atoms with van der Waals surface area (Å²) in [6.07, 6.45) is -1.12. The van der Waals surface area contributed by atoms with Crippen LogP contribution in [0.25, 0.3) is 0 Å². The molecule has 0 aromatic heterocycles. The van der Waals surface area contributed by atoms with E-state index in [4.69, 9.17) is 9.47 Å². The Morgan fingerprint density at radius 1 is 0.560 bits per heavy atom. The quantitative estimate of drug-likeness (QED) is 0.513. The number of carbonyl (C=O) groups excluding carboxylic acids is 2. The number of esters is 2. The molecule has 0 heterocycles. The monoisotopic (exact) mass is 332 g/mol. The van der Waals surface area contributed by atoms with Crippen molar-refractivity contribution in [3.8, 4) is 0 Å². The molecule has 0 amide bonds. The van der Waals surface area contributed by atoms with Gasteiger partial charge in [0.2, 0.25) is 0 Å². The second kappa shape index (κ2) is 7.93. The molecular weight excluding hydrogens is 316 g/mol. The summed E-state index contributed by atoms with van der Waals surface area (Å²) in [6.45, 7) is 0. The van der Waals surface area contributed by atoms with Gasteiger partial charge in [0, 0.05) is 5.56 Å². The molecule has 0 aliphatic carbocycles. The van der Waals surface area contributed by atoms with E-state index >= 15 is 0 Å². The van der Waals surface area contributed by atoms with Gasteiger partial charge in [0.1, 0.15) is 0 Å². The molecule has 0 N–H and O–H groups in total. The summed E-state index contributed by atoms with van der Waals surface area (Å²) in [5.41, 5.74) is 1.36. The standard InChI is InChI=1S/C21H16O4/c22-19(16-10-4-1-5-11-16)24-21(18-14-8-3-9-15-18)25-20(23)17-12-6-2-7-13-17/h1-15,21H. The van der Waals surface area contributed by atoms with Gasteiger partial charge in [-0.15, -0.1) is 0 Å². The summed E-state index contributed by atoms with van der Waals surface area (Å²) in [7, 11) is 0. The summed E-state index contributed by atoms with van der Waals surface area (Å²) in [5, 5.41) is 0. The van der Waals surface area contributed by atoms with Crippen molar-refractivity contribution in [3.63, 3.8) is 0 Å². The number of rotatable bonds is 5. The lowest BCUT2D eigenvalue weighted by Crippen LogP contribution is -2.18. The fraction of sp³-hybridized carbons (Fsp3) is 0.0476. The molecule has 4 nitrogen and oxygen atoms in total. The third-order valence-electron chi connectivity index (χ3n) is 3.52. The maximum absolute atomic E-state index is 12.3. The van der Waals surface area contributed by atoms with Crippen molar-refractivity contribution < 1.29 is 19.1 Å². The van der Waals surface area contributed by atoms with Gasteiger partial charge in [-0.25, -0.2) is 9.59 Å². The van der Waals surface area contributed by atoms with Gasteiger partial charge in [-0.1, -0.05) is 66.7 Å². The zero-order chi connectivity index (χ0) is 17.5. The van der Waals surface area contributed by atoms with Crippen molar-refractivity contribution in [2.45, 2.75) is 6.29 Å². The molecule has 0 aliphatic rings. The molecule has 124 valence electrons. The summed E-state index contributed by atoms with van der Waals surface area (Å²) in [6, 6.07) is 26.0. The second-order valence-electron chi connectivity index (χ2n) is 5.29. The molecule has 0 fully saturated rings. The lowest BCUT2D eigenvalue weighted by Gasteiger charge is -2.18. The molecule has 0 atom stereocenters. The molecule has 3 aromatic rings. The van der Waals surface area contributed by atoms with Crippen LogP contribution in [-0.2, 0) is 9.47 Å². The highest BCUT2D eigenvalue weighted by molar-refractivity contribution is 5.91. The molecule has 3 aromatic carbocycles. The van der Waals surface area contributed by atoms with Crippen LogP contribution in [0.1, 0.15) is 32.6 Å². The summed E-state index contributed by atoms with van der Waals surface area (Å²) < 4.78 is 10.9. The van der Waals surface area contributed by atoms with Crippen molar-refractivity contribution in [2.75, 3.05) is 0 Å².